The number of carboxylic acid groups (broad SMARTS) is 1. The van der Waals surface area contributed by atoms with Crippen molar-refractivity contribution in [2.24, 2.45) is 0 Å². The third kappa shape index (κ3) is 6.58. The van der Waals surface area contributed by atoms with Crippen molar-refractivity contribution in [1.82, 2.24) is 20.4 Å². The van der Waals surface area contributed by atoms with E-state index in [1.165, 1.54) is 21.9 Å². The highest BCUT2D eigenvalue weighted by Crippen LogP contribution is 2.25. The van der Waals surface area contributed by atoms with Gasteiger partial charge in [0.25, 0.3) is 5.91 Å². The summed E-state index contributed by atoms with van der Waals surface area (Å²) in [5, 5.41) is 15.4. The van der Waals surface area contributed by atoms with Crippen molar-refractivity contribution in [3.63, 3.8) is 0 Å². The summed E-state index contributed by atoms with van der Waals surface area (Å²) >= 11 is 0. The van der Waals surface area contributed by atoms with E-state index in [0.29, 0.717) is 6.42 Å². The molecule has 38 heavy (non-hydrogen) atoms. The van der Waals surface area contributed by atoms with Gasteiger partial charge >= 0.3 is 6.09 Å². The van der Waals surface area contributed by atoms with E-state index in [-0.39, 0.29) is 56.2 Å². The standard InChI is InChI=1S/C27H31FN4O6/c1-31-11-5-8-22(30-24(33)12-17-6-3-2-4-7-17)25(34)29-19-14-20(32(15-19)27(36)37)16-38-23-10-9-18(28)13-21(23)26(31)35/h2-4,6-7,9-10,13,19-20,22H,5,8,11-12,14-16H2,1H3,(H,29,34)(H,30,33)(H,36,37)/t19-,20+,22+/m1/s1. The highest BCUT2D eigenvalue weighted by atomic mass is 19.1. The number of rotatable bonds is 3. The number of halogens is 1. The number of nitrogens with zero attached hydrogens (tertiary/aromatic N) is 2. The Morgan fingerprint density at radius 3 is 2.68 bits per heavy atom. The fourth-order valence-corrected chi connectivity index (χ4v) is 4.83. The maximum Gasteiger partial charge on any atom is 0.407 e. The number of hydrogen-bond acceptors (Lipinski definition) is 5. The number of benzene rings is 2. The van der Waals surface area contributed by atoms with Crippen LogP contribution in [0.3, 0.4) is 0 Å². The van der Waals surface area contributed by atoms with Crippen LogP contribution in [0.25, 0.3) is 0 Å². The molecule has 2 aliphatic rings. The smallest absolute Gasteiger partial charge is 0.407 e. The van der Waals surface area contributed by atoms with Gasteiger partial charge in [0.05, 0.1) is 18.0 Å². The Morgan fingerprint density at radius 2 is 1.95 bits per heavy atom. The zero-order valence-corrected chi connectivity index (χ0v) is 21.1. The minimum Gasteiger partial charge on any atom is -0.491 e. The first kappa shape index (κ1) is 26.9. The van der Waals surface area contributed by atoms with Gasteiger partial charge in [-0.05, 0) is 43.0 Å². The van der Waals surface area contributed by atoms with Crippen molar-refractivity contribution < 1.29 is 33.4 Å². The third-order valence-corrected chi connectivity index (χ3v) is 6.80. The van der Waals surface area contributed by atoms with Crippen molar-refractivity contribution in [1.29, 1.82) is 0 Å². The van der Waals surface area contributed by atoms with Crippen molar-refractivity contribution in [3.05, 3.63) is 65.5 Å². The highest BCUT2D eigenvalue weighted by Gasteiger charge is 2.38. The van der Waals surface area contributed by atoms with Gasteiger partial charge in [-0.15, -0.1) is 0 Å². The van der Waals surface area contributed by atoms with Crippen LogP contribution in [0.1, 0.15) is 35.2 Å². The molecular formula is C27H31FN4O6. The second kappa shape index (κ2) is 11.9. The average Bonchev–Trinajstić information content (AvgIpc) is 3.29. The van der Waals surface area contributed by atoms with E-state index in [2.05, 4.69) is 10.6 Å². The van der Waals surface area contributed by atoms with Gasteiger partial charge in [0.15, 0.2) is 0 Å². The minimum absolute atomic E-state index is 0.0284. The van der Waals surface area contributed by atoms with E-state index >= 15 is 0 Å². The number of hydrogen-bond donors (Lipinski definition) is 3. The van der Waals surface area contributed by atoms with E-state index in [9.17, 15) is 28.7 Å². The molecule has 1 saturated heterocycles. The minimum atomic E-state index is -1.17. The second-order valence-corrected chi connectivity index (χ2v) is 9.63. The molecule has 4 rings (SSSR count). The predicted molar refractivity (Wildman–Crippen MR) is 135 cm³/mol. The second-order valence-electron chi connectivity index (χ2n) is 9.63. The summed E-state index contributed by atoms with van der Waals surface area (Å²) in [6.07, 6.45) is -0.158. The lowest BCUT2D eigenvalue weighted by atomic mass is 10.1. The van der Waals surface area contributed by atoms with Crippen molar-refractivity contribution in [3.8, 4) is 5.75 Å². The van der Waals surface area contributed by atoms with Gasteiger partial charge in [0.1, 0.15) is 24.2 Å². The van der Waals surface area contributed by atoms with Crippen LogP contribution in [0.2, 0.25) is 0 Å². The summed E-state index contributed by atoms with van der Waals surface area (Å²) in [6, 6.07) is 10.8. The lowest BCUT2D eigenvalue weighted by Gasteiger charge is -2.24. The first-order chi connectivity index (χ1) is 18.2. The molecule has 0 aromatic heterocycles. The summed E-state index contributed by atoms with van der Waals surface area (Å²) in [5.74, 6) is -1.66. The molecule has 0 unspecified atom stereocenters. The zero-order chi connectivity index (χ0) is 27.2. The van der Waals surface area contributed by atoms with Crippen LogP contribution < -0.4 is 15.4 Å². The number of carbonyl (C=O) groups is 4. The molecular weight excluding hydrogens is 495 g/mol. The molecule has 11 heteroatoms. The maximum absolute atomic E-state index is 14.0. The van der Waals surface area contributed by atoms with Crippen LogP contribution in [0.5, 0.6) is 5.75 Å². The maximum atomic E-state index is 14.0. The molecule has 2 bridgehead atoms. The molecule has 1 fully saturated rings. The summed E-state index contributed by atoms with van der Waals surface area (Å²) in [5.41, 5.74) is 0.829. The Bertz CT molecular complexity index is 1190. The number of ether oxygens (including phenoxy) is 1. The van der Waals surface area contributed by atoms with E-state index < -0.39 is 41.9 Å². The van der Waals surface area contributed by atoms with E-state index in [4.69, 9.17) is 4.74 Å². The summed E-state index contributed by atoms with van der Waals surface area (Å²) < 4.78 is 19.8. The summed E-state index contributed by atoms with van der Waals surface area (Å²) in [4.78, 5) is 53.5. The molecule has 0 spiro atoms. The lowest BCUT2D eigenvalue weighted by Crippen LogP contribution is -2.50. The topological polar surface area (TPSA) is 128 Å². The first-order valence-electron chi connectivity index (χ1n) is 12.5. The lowest BCUT2D eigenvalue weighted by molar-refractivity contribution is -0.129. The number of nitrogens with one attached hydrogen (secondary N) is 2. The average molecular weight is 527 g/mol. The molecule has 2 heterocycles. The number of carbonyl (C=O) groups excluding carboxylic acids is 3. The van der Waals surface area contributed by atoms with Crippen molar-refractivity contribution in [2.45, 2.75) is 43.8 Å². The molecule has 0 aliphatic carbocycles. The van der Waals surface area contributed by atoms with E-state index in [0.717, 1.165) is 11.6 Å². The van der Waals surface area contributed by atoms with Crippen molar-refractivity contribution in [2.75, 3.05) is 26.7 Å². The zero-order valence-electron chi connectivity index (χ0n) is 21.1. The van der Waals surface area contributed by atoms with Gasteiger partial charge in [-0.1, -0.05) is 30.3 Å². The first-order valence-corrected chi connectivity index (χ1v) is 12.5. The Hall–Kier alpha value is -4.15. The van der Waals surface area contributed by atoms with Crippen LogP contribution in [-0.4, -0.2) is 83.6 Å². The van der Waals surface area contributed by atoms with Crippen LogP contribution in [0.15, 0.2) is 48.5 Å². The Kier molecular flexibility index (Phi) is 8.45. The third-order valence-electron chi connectivity index (χ3n) is 6.80. The molecule has 0 saturated carbocycles. The number of amides is 4. The molecule has 2 aromatic carbocycles. The van der Waals surface area contributed by atoms with Gasteiger partial charge < -0.3 is 25.4 Å². The van der Waals surface area contributed by atoms with Crippen LogP contribution >= 0.6 is 0 Å². The number of fused-ring (bicyclic) bond motifs is 3. The molecule has 202 valence electrons. The molecule has 2 aliphatic heterocycles. The molecule has 3 N–H and O–H groups in total. The van der Waals surface area contributed by atoms with Gasteiger partial charge in [0, 0.05) is 26.2 Å². The van der Waals surface area contributed by atoms with Gasteiger partial charge in [-0.2, -0.15) is 0 Å². The molecule has 4 amide bonds. The SMILES string of the molecule is CN1CCC[C@H](NC(=O)Cc2ccccc2)C(=O)N[C@@H]2C[C@@H](COc3ccc(F)cc3C1=O)N(C(=O)O)C2. The normalized spacial score (nSPS) is 22.4. The largest absolute Gasteiger partial charge is 0.491 e. The van der Waals surface area contributed by atoms with Gasteiger partial charge in [0.2, 0.25) is 11.8 Å². The summed E-state index contributed by atoms with van der Waals surface area (Å²) in [7, 11) is 1.56. The monoisotopic (exact) mass is 526 g/mol. The predicted octanol–water partition coefficient (Wildman–Crippen LogP) is 2.03. The van der Waals surface area contributed by atoms with Crippen LogP contribution in [0.4, 0.5) is 9.18 Å². The fourth-order valence-electron chi connectivity index (χ4n) is 4.83. The van der Waals surface area contributed by atoms with Crippen LogP contribution in [0, 0.1) is 5.82 Å². The molecule has 0 radical (unpaired) electrons. The van der Waals surface area contributed by atoms with Gasteiger partial charge in [-0.3, -0.25) is 19.3 Å². The quantitative estimate of drug-likeness (QED) is 0.562. The molecule has 10 nitrogen and oxygen atoms in total. The number of likely N-dealkylation sites (tertiary alicyclic amines) is 1. The van der Waals surface area contributed by atoms with Crippen LogP contribution in [-0.2, 0) is 16.0 Å². The Labute approximate surface area is 219 Å². The van der Waals surface area contributed by atoms with Crippen molar-refractivity contribution >= 4 is 23.8 Å². The summed E-state index contributed by atoms with van der Waals surface area (Å²) in [6.45, 7) is 0.231. The highest BCUT2D eigenvalue weighted by molar-refractivity contribution is 5.96. The fraction of sp³-hybridized carbons (Fsp3) is 0.407. The Balaban J connectivity index is 1.56. The van der Waals surface area contributed by atoms with E-state index in [1.807, 2.05) is 30.3 Å². The Morgan fingerprint density at radius 1 is 1.18 bits per heavy atom. The molecule has 3 atom stereocenters. The van der Waals surface area contributed by atoms with E-state index in [1.54, 1.807) is 7.05 Å². The van der Waals surface area contributed by atoms with Gasteiger partial charge in [-0.25, -0.2) is 9.18 Å². The molecule has 2 aromatic rings.